The van der Waals surface area contributed by atoms with Crippen molar-refractivity contribution in [1.29, 1.82) is 0 Å². The van der Waals surface area contributed by atoms with E-state index in [9.17, 15) is 0 Å². The van der Waals surface area contributed by atoms with Crippen molar-refractivity contribution in [3.63, 3.8) is 0 Å². The maximum absolute atomic E-state index is 4.93. The lowest BCUT2D eigenvalue weighted by molar-refractivity contribution is 0.232. The van der Waals surface area contributed by atoms with Crippen molar-refractivity contribution in [2.45, 2.75) is 63.5 Å². The van der Waals surface area contributed by atoms with Crippen molar-refractivity contribution in [3.8, 4) is 0 Å². The molecule has 4 heteroatoms. The number of aliphatic imine (C=N–C) groups is 1. The Morgan fingerprint density at radius 1 is 1.10 bits per heavy atom. The number of fused-ring (bicyclic) bond motifs is 1. The Kier molecular flexibility index (Phi) is 3.71. The van der Waals surface area contributed by atoms with E-state index in [0.29, 0.717) is 11.5 Å². The lowest BCUT2D eigenvalue weighted by Gasteiger charge is -2.39. The van der Waals surface area contributed by atoms with Crippen LogP contribution in [0.1, 0.15) is 51.4 Å². The zero-order valence-electron chi connectivity index (χ0n) is 12.4. The summed E-state index contributed by atoms with van der Waals surface area (Å²) >= 11 is 2.01. The molecule has 3 aliphatic heterocycles. The van der Waals surface area contributed by atoms with Crippen LogP contribution in [0.25, 0.3) is 0 Å². The number of amidine groups is 1. The van der Waals surface area contributed by atoms with Crippen molar-refractivity contribution in [2.75, 3.05) is 25.4 Å². The molecule has 2 saturated heterocycles. The topological polar surface area (TPSA) is 27.6 Å². The number of thioether (sulfide) groups is 1. The summed E-state index contributed by atoms with van der Waals surface area (Å²) in [6.45, 7) is 3.71. The maximum atomic E-state index is 4.93. The van der Waals surface area contributed by atoms with E-state index in [4.69, 9.17) is 4.99 Å². The average Bonchev–Trinajstić information content (AvgIpc) is 3.08. The van der Waals surface area contributed by atoms with E-state index in [-0.39, 0.29) is 0 Å². The fraction of sp³-hybridized carbons (Fsp3) is 0.938. The molecule has 3 fully saturated rings. The number of hydrogen-bond donors (Lipinski definition) is 1. The molecule has 0 aromatic rings. The van der Waals surface area contributed by atoms with Gasteiger partial charge in [0, 0.05) is 30.9 Å². The predicted octanol–water partition coefficient (Wildman–Crippen LogP) is 2.87. The largest absolute Gasteiger partial charge is 0.361 e. The highest BCUT2D eigenvalue weighted by Gasteiger charge is 2.39. The quantitative estimate of drug-likeness (QED) is 0.805. The zero-order valence-corrected chi connectivity index (χ0v) is 13.3. The van der Waals surface area contributed by atoms with Crippen LogP contribution in [0.2, 0.25) is 0 Å². The van der Waals surface area contributed by atoms with Crippen molar-refractivity contribution in [1.82, 2.24) is 10.2 Å². The van der Waals surface area contributed by atoms with Crippen molar-refractivity contribution < 1.29 is 0 Å². The van der Waals surface area contributed by atoms with Gasteiger partial charge >= 0.3 is 0 Å². The third kappa shape index (κ3) is 2.50. The Morgan fingerprint density at radius 3 is 2.80 bits per heavy atom. The van der Waals surface area contributed by atoms with Crippen LogP contribution in [0.3, 0.4) is 0 Å². The van der Waals surface area contributed by atoms with E-state index >= 15 is 0 Å². The third-order valence-electron chi connectivity index (χ3n) is 5.90. The molecule has 1 spiro atoms. The number of hydrogen-bond acceptors (Lipinski definition) is 4. The first kappa shape index (κ1) is 13.4. The highest BCUT2D eigenvalue weighted by atomic mass is 32.2. The maximum Gasteiger partial charge on any atom is 0.156 e. The van der Waals surface area contributed by atoms with Gasteiger partial charge in [-0.3, -0.25) is 9.89 Å². The SMILES string of the molecule is C1CCC2(CC1)CN=C(NC1CCN3CCCC13)SC2. The first-order valence-corrected chi connectivity index (χ1v) is 9.51. The standard InChI is InChI=1S/C16H27N3S/c1-2-7-16(8-3-1)11-17-15(20-12-16)18-13-6-10-19-9-4-5-14(13)19/h13-14H,1-12H2,(H,17,18). The first-order chi connectivity index (χ1) is 9.85. The molecule has 1 aliphatic carbocycles. The van der Waals surface area contributed by atoms with Crippen molar-refractivity contribution >= 4 is 16.9 Å². The van der Waals surface area contributed by atoms with E-state index in [1.165, 1.54) is 75.4 Å². The molecule has 112 valence electrons. The summed E-state index contributed by atoms with van der Waals surface area (Å²) in [4.78, 5) is 7.61. The Bertz CT molecular complexity index is 389. The van der Waals surface area contributed by atoms with Crippen molar-refractivity contribution in [2.24, 2.45) is 10.4 Å². The molecular weight excluding hydrogens is 266 g/mol. The highest BCUT2D eigenvalue weighted by Crippen LogP contribution is 2.42. The molecule has 1 saturated carbocycles. The first-order valence-electron chi connectivity index (χ1n) is 8.53. The third-order valence-corrected chi connectivity index (χ3v) is 7.18. The average molecular weight is 293 g/mol. The van der Waals surface area contributed by atoms with Gasteiger partial charge < -0.3 is 5.32 Å². The molecule has 0 bridgehead atoms. The second-order valence-electron chi connectivity index (χ2n) is 7.26. The van der Waals surface area contributed by atoms with Crippen LogP contribution in [0.4, 0.5) is 0 Å². The monoisotopic (exact) mass is 293 g/mol. The van der Waals surface area contributed by atoms with Crippen LogP contribution >= 0.6 is 11.8 Å². The smallest absolute Gasteiger partial charge is 0.156 e. The van der Waals surface area contributed by atoms with E-state index in [0.717, 1.165) is 12.6 Å². The van der Waals surface area contributed by atoms with Crippen LogP contribution in [-0.4, -0.2) is 47.5 Å². The Balaban J connectivity index is 1.36. The van der Waals surface area contributed by atoms with Gasteiger partial charge in [0.05, 0.1) is 0 Å². The molecular formula is C16H27N3S. The minimum Gasteiger partial charge on any atom is -0.361 e. The molecule has 0 aromatic carbocycles. The van der Waals surface area contributed by atoms with Crippen LogP contribution in [0.15, 0.2) is 4.99 Å². The second-order valence-corrected chi connectivity index (χ2v) is 8.22. The van der Waals surface area contributed by atoms with Gasteiger partial charge in [-0.2, -0.15) is 0 Å². The summed E-state index contributed by atoms with van der Waals surface area (Å²) in [7, 11) is 0. The van der Waals surface area contributed by atoms with Gasteiger partial charge in [0.1, 0.15) is 0 Å². The summed E-state index contributed by atoms with van der Waals surface area (Å²) in [5, 5.41) is 5.03. The lowest BCUT2D eigenvalue weighted by atomic mass is 9.75. The van der Waals surface area contributed by atoms with E-state index < -0.39 is 0 Å². The second kappa shape index (κ2) is 5.53. The van der Waals surface area contributed by atoms with Gasteiger partial charge in [0.15, 0.2) is 5.17 Å². The molecule has 0 radical (unpaired) electrons. The normalized spacial score (nSPS) is 36.9. The van der Waals surface area contributed by atoms with Crippen LogP contribution < -0.4 is 5.32 Å². The Morgan fingerprint density at radius 2 is 2.00 bits per heavy atom. The fourth-order valence-corrected chi connectivity index (χ4v) is 5.87. The molecule has 2 atom stereocenters. The number of rotatable bonds is 1. The zero-order chi connectivity index (χ0) is 13.4. The predicted molar refractivity (Wildman–Crippen MR) is 86.4 cm³/mol. The molecule has 0 aromatic heterocycles. The highest BCUT2D eigenvalue weighted by molar-refractivity contribution is 8.13. The van der Waals surface area contributed by atoms with Gasteiger partial charge in [-0.1, -0.05) is 31.0 Å². The molecule has 4 rings (SSSR count). The van der Waals surface area contributed by atoms with Crippen LogP contribution in [-0.2, 0) is 0 Å². The van der Waals surface area contributed by atoms with Crippen LogP contribution in [0, 0.1) is 5.41 Å². The summed E-state index contributed by atoms with van der Waals surface area (Å²) in [5.74, 6) is 1.31. The molecule has 3 heterocycles. The molecule has 1 N–H and O–H groups in total. The van der Waals surface area contributed by atoms with Gasteiger partial charge in [0.25, 0.3) is 0 Å². The molecule has 20 heavy (non-hydrogen) atoms. The minimum atomic E-state index is 0.559. The van der Waals surface area contributed by atoms with E-state index in [2.05, 4.69) is 10.2 Å². The number of nitrogens with zero attached hydrogens (tertiary/aromatic N) is 2. The number of nitrogens with one attached hydrogen (secondary N) is 1. The molecule has 4 aliphatic rings. The Labute approximate surface area is 127 Å². The van der Waals surface area contributed by atoms with Gasteiger partial charge in [-0.15, -0.1) is 0 Å². The summed E-state index contributed by atoms with van der Waals surface area (Å²) in [6, 6.07) is 1.47. The molecule has 0 amide bonds. The van der Waals surface area contributed by atoms with E-state index in [1.54, 1.807) is 0 Å². The van der Waals surface area contributed by atoms with Gasteiger partial charge in [-0.25, -0.2) is 0 Å². The van der Waals surface area contributed by atoms with Crippen molar-refractivity contribution in [3.05, 3.63) is 0 Å². The van der Waals surface area contributed by atoms with Crippen LogP contribution in [0.5, 0.6) is 0 Å². The fourth-order valence-electron chi connectivity index (χ4n) is 4.65. The lowest BCUT2D eigenvalue weighted by Crippen LogP contribution is -2.44. The molecule has 2 unspecified atom stereocenters. The minimum absolute atomic E-state index is 0.559. The summed E-state index contributed by atoms with van der Waals surface area (Å²) in [6.07, 6.45) is 11.2. The Hall–Kier alpha value is -0.220. The summed E-state index contributed by atoms with van der Waals surface area (Å²) in [5.41, 5.74) is 0.559. The van der Waals surface area contributed by atoms with E-state index in [1.807, 2.05) is 11.8 Å². The summed E-state index contributed by atoms with van der Waals surface area (Å²) < 4.78 is 0. The van der Waals surface area contributed by atoms with Gasteiger partial charge in [-0.05, 0) is 44.1 Å². The van der Waals surface area contributed by atoms with Gasteiger partial charge in [0.2, 0.25) is 0 Å². The molecule has 3 nitrogen and oxygen atoms in total.